The fourth-order valence-electron chi connectivity index (χ4n) is 2.38. The number of ether oxygens (including phenoxy) is 2. The summed E-state index contributed by atoms with van der Waals surface area (Å²) in [5.74, 6) is 1.36. The molecular weight excluding hydrogens is 344 g/mol. The van der Waals surface area contributed by atoms with Crippen LogP contribution in [0.5, 0.6) is 11.5 Å². The van der Waals surface area contributed by atoms with E-state index in [0.29, 0.717) is 35.8 Å². The number of nitriles is 1. The molecule has 0 aromatic heterocycles. The Kier molecular flexibility index (Phi) is 7.38. The molecule has 0 fully saturated rings. The Morgan fingerprint density at radius 3 is 2.37 bits per heavy atom. The average molecular weight is 366 g/mol. The van der Waals surface area contributed by atoms with Crippen molar-refractivity contribution >= 4 is 17.3 Å². The van der Waals surface area contributed by atoms with E-state index < -0.39 is 4.92 Å². The van der Waals surface area contributed by atoms with Crippen LogP contribution in [0.15, 0.2) is 42.5 Å². The maximum Gasteiger partial charge on any atom is 0.269 e. The van der Waals surface area contributed by atoms with E-state index in [1.807, 2.05) is 32.0 Å². The van der Waals surface area contributed by atoms with Gasteiger partial charge in [-0.1, -0.05) is 13.8 Å². The lowest BCUT2D eigenvalue weighted by molar-refractivity contribution is -0.384. The van der Waals surface area contributed by atoms with Gasteiger partial charge < -0.3 is 9.47 Å². The highest BCUT2D eigenvalue weighted by Crippen LogP contribution is 2.29. The Bertz CT molecular complexity index is 851. The lowest BCUT2D eigenvalue weighted by Gasteiger charge is -2.12. The zero-order chi connectivity index (χ0) is 19.6. The Labute approximate surface area is 158 Å². The summed E-state index contributed by atoms with van der Waals surface area (Å²) in [6, 6.07) is 13.6. The fraction of sp³-hybridized carbons (Fsp3) is 0.286. The second kappa shape index (κ2) is 9.97. The number of allylic oxidation sites excluding steroid dienone is 1. The Morgan fingerprint density at radius 2 is 1.78 bits per heavy atom. The third-order valence-electron chi connectivity index (χ3n) is 3.73. The average Bonchev–Trinajstić information content (AvgIpc) is 2.69. The minimum absolute atomic E-state index is 0.0135. The van der Waals surface area contributed by atoms with Gasteiger partial charge in [-0.3, -0.25) is 10.1 Å². The molecule has 6 nitrogen and oxygen atoms in total. The second-order valence-electron chi connectivity index (χ2n) is 5.87. The standard InChI is InChI=1S/C21H22N2O4/c1-3-11-26-20-10-7-17(21(14-20)27-12-4-2)13-18(15-22)16-5-8-19(9-6-16)23(24)25/h5-10,13-14H,3-4,11-12H2,1-2H3/b18-13+. The van der Waals surface area contributed by atoms with Crippen LogP contribution in [0.4, 0.5) is 5.69 Å². The summed E-state index contributed by atoms with van der Waals surface area (Å²) in [5.41, 5.74) is 1.74. The van der Waals surface area contributed by atoms with Crippen LogP contribution in [0, 0.1) is 21.4 Å². The zero-order valence-corrected chi connectivity index (χ0v) is 15.5. The summed E-state index contributed by atoms with van der Waals surface area (Å²) in [4.78, 5) is 10.3. The molecule has 0 saturated carbocycles. The quantitative estimate of drug-likeness (QED) is 0.262. The molecule has 6 heteroatoms. The molecule has 0 unspecified atom stereocenters. The summed E-state index contributed by atoms with van der Waals surface area (Å²) in [7, 11) is 0. The number of non-ortho nitro benzene ring substituents is 1. The Morgan fingerprint density at radius 1 is 1.11 bits per heavy atom. The monoisotopic (exact) mass is 366 g/mol. The van der Waals surface area contributed by atoms with Gasteiger partial charge in [0, 0.05) is 23.8 Å². The first-order valence-electron chi connectivity index (χ1n) is 8.85. The van der Waals surface area contributed by atoms with Gasteiger partial charge in [-0.25, -0.2) is 0 Å². The van der Waals surface area contributed by atoms with Crippen molar-refractivity contribution in [3.63, 3.8) is 0 Å². The highest BCUT2D eigenvalue weighted by molar-refractivity contribution is 5.90. The third kappa shape index (κ3) is 5.58. The number of hydrogen-bond donors (Lipinski definition) is 0. The van der Waals surface area contributed by atoms with Crippen LogP contribution in [0.3, 0.4) is 0 Å². The van der Waals surface area contributed by atoms with E-state index in [4.69, 9.17) is 9.47 Å². The highest BCUT2D eigenvalue weighted by Gasteiger charge is 2.10. The molecule has 2 aromatic rings. The number of benzene rings is 2. The molecule has 0 atom stereocenters. The van der Waals surface area contributed by atoms with Crippen LogP contribution in [-0.2, 0) is 0 Å². The first-order chi connectivity index (χ1) is 13.1. The van der Waals surface area contributed by atoms with E-state index in [1.165, 1.54) is 12.1 Å². The van der Waals surface area contributed by atoms with Crippen molar-refractivity contribution in [3.8, 4) is 17.6 Å². The summed E-state index contributed by atoms with van der Waals surface area (Å²) < 4.78 is 11.5. The molecule has 0 bridgehead atoms. The predicted octanol–water partition coefficient (Wildman–Crippen LogP) is 5.24. The van der Waals surface area contributed by atoms with E-state index in [2.05, 4.69) is 6.07 Å². The molecule has 0 amide bonds. The van der Waals surface area contributed by atoms with Crippen LogP contribution in [0.1, 0.15) is 37.8 Å². The van der Waals surface area contributed by atoms with Gasteiger partial charge in [0.2, 0.25) is 0 Å². The number of nitro benzene ring substituents is 1. The SMILES string of the molecule is CCCOc1ccc(/C=C(\C#N)c2ccc([N+](=O)[O-])cc2)c(OCCC)c1. The van der Waals surface area contributed by atoms with Crippen molar-refractivity contribution in [1.82, 2.24) is 0 Å². The molecule has 140 valence electrons. The van der Waals surface area contributed by atoms with Crippen molar-refractivity contribution in [1.29, 1.82) is 5.26 Å². The van der Waals surface area contributed by atoms with Gasteiger partial charge in [0.05, 0.1) is 29.8 Å². The van der Waals surface area contributed by atoms with Gasteiger partial charge in [-0.05, 0) is 48.7 Å². The maximum absolute atomic E-state index is 10.8. The van der Waals surface area contributed by atoms with Crippen molar-refractivity contribution in [2.45, 2.75) is 26.7 Å². The molecule has 0 aliphatic rings. The van der Waals surface area contributed by atoms with Crippen LogP contribution in [0.2, 0.25) is 0 Å². The minimum atomic E-state index is -0.467. The largest absolute Gasteiger partial charge is 0.493 e. The number of nitro groups is 1. The van der Waals surface area contributed by atoms with E-state index in [9.17, 15) is 15.4 Å². The summed E-state index contributed by atoms with van der Waals surface area (Å²) in [6.07, 6.45) is 3.48. The van der Waals surface area contributed by atoms with Crippen LogP contribution < -0.4 is 9.47 Å². The zero-order valence-electron chi connectivity index (χ0n) is 15.5. The van der Waals surface area contributed by atoms with Gasteiger partial charge in [-0.15, -0.1) is 0 Å². The van der Waals surface area contributed by atoms with Gasteiger partial charge >= 0.3 is 0 Å². The van der Waals surface area contributed by atoms with E-state index >= 15 is 0 Å². The predicted molar refractivity (Wildman–Crippen MR) is 105 cm³/mol. The van der Waals surface area contributed by atoms with E-state index in [-0.39, 0.29) is 5.69 Å². The summed E-state index contributed by atoms with van der Waals surface area (Å²) in [6.45, 7) is 5.23. The molecule has 2 aromatic carbocycles. The topological polar surface area (TPSA) is 85.4 Å². The first kappa shape index (κ1) is 20.0. The molecule has 0 aliphatic carbocycles. The van der Waals surface area contributed by atoms with Gasteiger partial charge in [0.1, 0.15) is 11.5 Å². The van der Waals surface area contributed by atoms with E-state index in [0.717, 1.165) is 18.4 Å². The van der Waals surface area contributed by atoms with Crippen molar-refractivity contribution in [3.05, 3.63) is 63.7 Å². The smallest absolute Gasteiger partial charge is 0.269 e. The molecule has 2 rings (SSSR count). The normalized spacial score (nSPS) is 10.9. The minimum Gasteiger partial charge on any atom is -0.493 e. The highest BCUT2D eigenvalue weighted by atomic mass is 16.6. The van der Waals surface area contributed by atoms with Gasteiger partial charge in [0.25, 0.3) is 5.69 Å². The third-order valence-corrected chi connectivity index (χ3v) is 3.73. The first-order valence-corrected chi connectivity index (χ1v) is 8.85. The molecular formula is C21H22N2O4. The van der Waals surface area contributed by atoms with Crippen LogP contribution in [0.25, 0.3) is 11.6 Å². The van der Waals surface area contributed by atoms with Gasteiger partial charge in [-0.2, -0.15) is 5.26 Å². The molecule has 0 spiro atoms. The van der Waals surface area contributed by atoms with Crippen LogP contribution in [-0.4, -0.2) is 18.1 Å². The lowest BCUT2D eigenvalue weighted by Crippen LogP contribution is -2.00. The van der Waals surface area contributed by atoms with Crippen molar-refractivity contribution < 1.29 is 14.4 Å². The molecule has 0 aliphatic heterocycles. The molecule has 0 N–H and O–H groups in total. The Balaban J connectivity index is 2.37. The summed E-state index contributed by atoms with van der Waals surface area (Å²) >= 11 is 0. The van der Waals surface area contributed by atoms with Crippen molar-refractivity contribution in [2.75, 3.05) is 13.2 Å². The Hall–Kier alpha value is -3.33. The molecule has 0 radical (unpaired) electrons. The maximum atomic E-state index is 10.8. The van der Waals surface area contributed by atoms with E-state index in [1.54, 1.807) is 18.2 Å². The number of rotatable bonds is 9. The number of hydrogen-bond acceptors (Lipinski definition) is 5. The van der Waals surface area contributed by atoms with Crippen LogP contribution >= 0.6 is 0 Å². The molecule has 0 saturated heterocycles. The second-order valence-corrected chi connectivity index (χ2v) is 5.87. The van der Waals surface area contributed by atoms with Crippen molar-refractivity contribution in [2.24, 2.45) is 0 Å². The lowest BCUT2D eigenvalue weighted by atomic mass is 10.0. The summed E-state index contributed by atoms with van der Waals surface area (Å²) in [5, 5.41) is 20.3. The number of nitrogens with zero attached hydrogens (tertiary/aromatic N) is 2. The fourth-order valence-corrected chi connectivity index (χ4v) is 2.38. The molecule has 0 heterocycles. The molecule has 27 heavy (non-hydrogen) atoms. The van der Waals surface area contributed by atoms with Gasteiger partial charge in [0.15, 0.2) is 0 Å².